The van der Waals surface area contributed by atoms with Gasteiger partial charge in [0.05, 0.1) is 18.2 Å². The highest BCUT2D eigenvalue weighted by molar-refractivity contribution is 5.95. The van der Waals surface area contributed by atoms with Gasteiger partial charge in [0.25, 0.3) is 5.91 Å². The summed E-state index contributed by atoms with van der Waals surface area (Å²) in [7, 11) is 0. The van der Waals surface area contributed by atoms with Gasteiger partial charge < -0.3 is 20.1 Å². The molecule has 0 radical (unpaired) electrons. The Morgan fingerprint density at radius 3 is 2.78 bits per heavy atom. The Morgan fingerprint density at radius 2 is 2.11 bits per heavy atom. The Morgan fingerprint density at radius 1 is 1.37 bits per heavy atom. The summed E-state index contributed by atoms with van der Waals surface area (Å²) in [6, 6.07) is 3.68. The van der Waals surface area contributed by atoms with Crippen LogP contribution in [0, 0.1) is 12.8 Å². The van der Waals surface area contributed by atoms with Crippen LogP contribution in [-0.2, 0) is 4.79 Å². The van der Waals surface area contributed by atoms with Gasteiger partial charge in [0, 0.05) is 19.3 Å². The number of nitrogens with zero attached hydrogens (tertiary/aromatic N) is 3. The van der Waals surface area contributed by atoms with Gasteiger partial charge in [-0.15, -0.1) is 0 Å². The zero-order chi connectivity index (χ0) is 19.4. The summed E-state index contributed by atoms with van der Waals surface area (Å²) in [6.07, 6.45) is 3.13. The Bertz CT molecular complexity index is 824. The topological polar surface area (TPSA) is 96.2 Å². The third-order valence-electron chi connectivity index (χ3n) is 4.95. The SMILES string of the molecule is CCOc1cccn2c(C(=O)NCCN3CCC(C(=O)O)CC3)c(C)nc12. The van der Waals surface area contributed by atoms with Crippen LogP contribution in [-0.4, -0.2) is 64.1 Å². The first-order valence-electron chi connectivity index (χ1n) is 9.35. The monoisotopic (exact) mass is 374 g/mol. The van der Waals surface area contributed by atoms with Crippen molar-refractivity contribution in [2.45, 2.75) is 26.7 Å². The number of amides is 1. The lowest BCUT2D eigenvalue weighted by molar-refractivity contribution is -0.143. The van der Waals surface area contributed by atoms with Crippen molar-refractivity contribution in [2.24, 2.45) is 5.92 Å². The van der Waals surface area contributed by atoms with E-state index in [9.17, 15) is 9.59 Å². The number of piperidine rings is 1. The first-order valence-corrected chi connectivity index (χ1v) is 9.35. The number of carbonyl (C=O) groups is 2. The molecule has 0 bridgehead atoms. The molecule has 0 saturated carbocycles. The number of pyridine rings is 1. The minimum Gasteiger partial charge on any atom is -0.490 e. The first-order chi connectivity index (χ1) is 13.0. The predicted octanol–water partition coefficient (Wildman–Crippen LogP) is 1.57. The maximum Gasteiger partial charge on any atom is 0.306 e. The lowest BCUT2D eigenvalue weighted by Gasteiger charge is -2.29. The van der Waals surface area contributed by atoms with E-state index in [1.54, 1.807) is 4.40 Å². The highest BCUT2D eigenvalue weighted by Gasteiger charge is 2.24. The van der Waals surface area contributed by atoms with Crippen LogP contribution in [0.3, 0.4) is 0 Å². The molecule has 0 spiro atoms. The molecule has 8 nitrogen and oxygen atoms in total. The fourth-order valence-electron chi connectivity index (χ4n) is 3.51. The van der Waals surface area contributed by atoms with E-state index < -0.39 is 5.97 Å². The highest BCUT2D eigenvalue weighted by Crippen LogP contribution is 2.22. The number of aryl methyl sites for hydroxylation is 1. The van der Waals surface area contributed by atoms with Gasteiger partial charge in [-0.05, 0) is 51.9 Å². The molecule has 0 aromatic carbocycles. The summed E-state index contributed by atoms with van der Waals surface area (Å²) < 4.78 is 7.35. The van der Waals surface area contributed by atoms with Crippen molar-refractivity contribution in [3.05, 3.63) is 29.7 Å². The second kappa shape index (κ2) is 8.39. The minimum absolute atomic E-state index is 0.172. The fourth-order valence-corrected chi connectivity index (χ4v) is 3.51. The smallest absolute Gasteiger partial charge is 0.306 e. The van der Waals surface area contributed by atoms with E-state index in [4.69, 9.17) is 9.84 Å². The molecule has 1 fully saturated rings. The number of ether oxygens (including phenoxy) is 1. The molecule has 0 aliphatic carbocycles. The van der Waals surface area contributed by atoms with E-state index in [0.29, 0.717) is 55.3 Å². The van der Waals surface area contributed by atoms with E-state index in [0.717, 1.165) is 13.1 Å². The predicted molar refractivity (Wildman–Crippen MR) is 100 cm³/mol. The summed E-state index contributed by atoms with van der Waals surface area (Å²) in [4.78, 5) is 30.4. The Balaban J connectivity index is 1.60. The molecular formula is C19H26N4O4. The van der Waals surface area contributed by atoms with Gasteiger partial charge in [-0.3, -0.25) is 14.0 Å². The van der Waals surface area contributed by atoms with Gasteiger partial charge in [0.1, 0.15) is 5.69 Å². The molecule has 27 heavy (non-hydrogen) atoms. The van der Waals surface area contributed by atoms with Crippen molar-refractivity contribution in [3.8, 4) is 5.75 Å². The Kier molecular flexibility index (Phi) is 5.95. The molecule has 1 aliphatic rings. The van der Waals surface area contributed by atoms with Crippen LogP contribution < -0.4 is 10.1 Å². The molecule has 3 heterocycles. The average Bonchev–Trinajstić information content (AvgIpc) is 2.99. The maximum atomic E-state index is 12.7. The quantitative estimate of drug-likeness (QED) is 0.764. The standard InChI is InChI=1S/C19H26N4O4/c1-3-27-15-5-4-9-23-16(13(2)21-17(15)23)18(24)20-8-12-22-10-6-14(7-11-22)19(25)26/h4-5,9,14H,3,6-8,10-12H2,1-2H3,(H,20,24)(H,25,26). The van der Waals surface area contributed by atoms with Gasteiger partial charge in [-0.2, -0.15) is 0 Å². The second-order valence-electron chi connectivity index (χ2n) is 6.75. The number of aliphatic carboxylic acids is 1. The van der Waals surface area contributed by atoms with E-state index >= 15 is 0 Å². The molecule has 1 saturated heterocycles. The van der Waals surface area contributed by atoms with E-state index in [2.05, 4.69) is 15.2 Å². The number of likely N-dealkylation sites (tertiary alicyclic amines) is 1. The number of fused-ring (bicyclic) bond motifs is 1. The maximum absolute atomic E-state index is 12.7. The van der Waals surface area contributed by atoms with Crippen LogP contribution in [0.25, 0.3) is 5.65 Å². The molecule has 0 unspecified atom stereocenters. The van der Waals surface area contributed by atoms with E-state index in [-0.39, 0.29) is 11.8 Å². The normalized spacial score (nSPS) is 15.8. The third-order valence-corrected chi connectivity index (χ3v) is 4.95. The number of aromatic nitrogens is 2. The van der Waals surface area contributed by atoms with Gasteiger partial charge in [0.15, 0.2) is 11.4 Å². The molecule has 2 aromatic rings. The number of imidazole rings is 1. The van der Waals surface area contributed by atoms with E-state index in [1.807, 2.05) is 32.2 Å². The molecule has 0 atom stereocenters. The summed E-state index contributed by atoms with van der Waals surface area (Å²) in [5, 5.41) is 12.0. The second-order valence-corrected chi connectivity index (χ2v) is 6.75. The summed E-state index contributed by atoms with van der Waals surface area (Å²) in [6.45, 7) is 6.97. The van der Waals surface area contributed by atoms with Crippen LogP contribution in [0.5, 0.6) is 5.75 Å². The van der Waals surface area contributed by atoms with Crippen LogP contribution in [0.15, 0.2) is 18.3 Å². The largest absolute Gasteiger partial charge is 0.490 e. The Labute approximate surface area is 158 Å². The molecule has 1 amide bonds. The average molecular weight is 374 g/mol. The van der Waals surface area contributed by atoms with Crippen molar-refractivity contribution in [1.29, 1.82) is 0 Å². The first kappa shape index (κ1) is 19.2. The number of nitrogens with one attached hydrogen (secondary N) is 1. The van der Waals surface area contributed by atoms with Crippen LogP contribution in [0.1, 0.15) is 35.9 Å². The number of rotatable bonds is 7. The van der Waals surface area contributed by atoms with Crippen molar-refractivity contribution < 1.29 is 19.4 Å². The number of carbonyl (C=O) groups excluding carboxylic acids is 1. The molecule has 8 heteroatoms. The lowest BCUT2D eigenvalue weighted by atomic mass is 9.97. The van der Waals surface area contributed by atoms with Gasteiger partial charge in [-0.25, -0.2) is 4.98 Å². The van der Waals surface area contributed by atoms with Crippen molar-refractivity contribution >= 4 is 17.5 Å². The van der Waals surface area contributed by atoms with Crippen molar-refractivity contribution in [2.75, 3.05) is 32.8 Å². The summed E-state index contributed by atoms with van der Waals surface area (Å²) in [5.41, 5.74) is 1.80. The molecule has 2 aromatic heterocycles. The van der Waals surface area contributed by atoms with Crippen molar-refractivity contribution in [3.63, 3.8) is 0 Å². The molecular weight excluding hydrogens is 348 g/mol. The fraction of sp³-hybridized carbons (Fsp3) is 0.526. The van der Waals surface area contributed by atoms with Crippen LogP contribution >= 0.6 is 0 Å². The van der Waals surface area contributed by atoms with Crippen molar-refractivity contribution in [1.82, 2.24) is 19.6 Å². The highest BCUT2D eigenvalue weighted by atomic mass is 16.5. The number of hydrogen-bond acceptors (Lipinski definition) is 5. The number of carboxylic acids is 1. The van der Waals surface area contributed by atoms with Crippen LogP contribution in [0.2, 0.25) is 0 Å². The summed E-state index contributed by atoms with van der Waals surface area (Å²) >= 11 is 0. The lowest BCUT2D eigenvalue weighted by Crippen LogP contribution is -2.41. The zero-order valence-electron chi connectivity index (χ0n) is 15.8. The van der Waals surface area contributed by atoms with Gasteiger partial charge >= 0.3 is 5.97 Å². The zero-order valence-corrected chi connectivity index (χ0v) is 15.8. The number of hydrogen-bond donors (Lipinski definition) is 2. The van der Waals surface area contributed by atoms with Crippen LogP contribution in [0.4, 0.5) is 0 Å². The molecule has 2 N–H and O–H groups in total. The molecule has 3 rings (SSSR count). The molecule has 146 valence electrons. The summed E-state index contributed by atoms with van der Waals surface area (Å²) in [5.74, 6) is -0.467. The third kappa shape index (κ3) is 4.21. The van der Waals surface area contributed by atoms with Gasteiger partial charge in [-0.1, -0.05) is 0 Å². The number of carboxylic acid groups (broad SMARTS) is 1. The van der Waals surface area contributed by atoms with Gasteiger partial charge in [0.2, 0.25) is 0 Å². The molecule has 1 aliphatic heterocycles. The minimum atomic E-state index is -0.711. The Hall–Kier alpha value is -2.61. The van der Waals surface area contributed by atoms with E-state index in [1.165, 1.54) is 0 Å².